The molecule has 122 valence electrons. The van der Waals surface area contributed by atoms with Gasteiger partial charge in [-0.15, -0.1) is 11.3 Å². The molecule has 0 radical (unpaired) electrons. The van der Waals surface area contributed by atoms with Crippen LogP contribution in [0.15, 0.2) is 71.0 Å². The van der Waals surface area contributed by atoms with Crippen molar-refractivity contribution in [3.63, 3.8) is 0 Å². The molecule has 24 heavy (non-hydrogen) atoms. The van der Waals surface area contributed by atoms with E-state index in [2.05, 4.69) is 4.99 Å². The predicted octanol–water partition coefficient (Wildman–Crippen LogP) is 4.20. The van der Waals surface area contributed by atoms with E-state index < -0.39 is 12.1 Å². The Morgan fingerprint density at radius 3 is 2.12 bits per heavy atom. The van der Waals surface area contributed by atoms with Gasteiger partial charge in [0.15, 0.2) is 4.80 Å². The van der Waals surface area contributed by atoms with Crippen LogP contribution in [0, 0.1) is 0 Å². The topological polar surface area (TPSA) is 34.4 Å². The van der Waals surface area contributed by atoms with Crippen LogP contribution in [0.4, 0.5) is 13.2 Å². The highest BCUT2D eigenvalue weighted by Crippen LogP contribution is 2.23. The van der Waals surface area contributed by atoms with Gasteiger partial charge >= 0.3 is 12.1 Å². The third kappa shape index (κ3) is 3.30. The summed E-state index contributed by atoms with van der Waals surface area (Å²) in [6.07, 6.45) is -4.99. The van der Waals surface area contributed by atoms with Gasteiger partial charge in [-0.1, -0.05) is 48.5 Å². The van der Waals surface area contributed by atoms with E-state index in [1.54, 1.807) is 40.3 Å². The van der Waals surface area contributed by atoms with Crippen LogP contribution in [0.3, 0.4) is 0 Å². The van der Waals surface area contributed by atoms with Crippen molar-refractivity contribution in [2.75, 3.05) is 0 Å². The molecule has 0 spiro atoms. The van der Waals surface area contributed by atoms with Crippen molar-refractivity contribution in [1.82, 2.24) is 4.57 Å². The Balaban J connectivity index is 2.24. The van der Waals surface area contributed by atoms with Crippen molar-refractivity contribution in [2.24, 2.45) is 4.99 Å². The van der Waals surface area contributed by atoms with Gasteiger partial charge in [0.2, 0.25) is 0 Å². The molecule has 0 bridgehead atoms. The van der Waals surface area contributed by atoms with Crippen LogP contribution in [0.25, 0.3) is 16.9 Å². The number of aromatic nitrogens is 1. The fraction of sp³-hybridized carbons (Fsp3) is 0.0588. The zero-order valence-corrected chi connectivity index (χ0v) is 13.0. The quantitative estimate of drug-likeness (QED) is 0.684. The average Bonchev–Trinajstić information content (AvgIpc) is 2.99. The van der Waals surface area contributed by atoms with Crippen molar-refractivity contribution >= 4 is 17.2 Å². The second-order valence-corrected chi connectivity index (χ2v) is 5.69. The zero-order valence-electron chi connectivity index (χ0n) is 12.2. The fourth-order valence-corrected chi connectivity index (χ4v) is 3.08. The minimum absolute atomic E-state index is 0.0256. The molecule has 0 aliphatic carbocycles. The Morgan fingerprint density at radius 2 is 1.54 bits per heavy atom. The molecule has 0 unspecified atom stereocenters. The van der Waals surface area contributed by atoms with Crippen molar-refractivity contribution in [3.05, 3.63) is 70.8 Å². The number of hydrogen-bond donors (Lipinski definition) is 0. The molecule has 1 aromatic heterocycles. The third-order valence-electron chi connectivity index (χ3n) is 3.23. The Kier molecular flexibility index (Phi) is 4.35. The van der Waals surface area contributed by atoms with Crippen molar-refractivity contribution in [3.8, 4) is 16.9 Å². The van der Waals surface area contributed by atoms with Crippen LogP contribution >= 0.6 is 11.3 Å². The second kappa shape index (κ2) is 6.45. The van der Waals surface area contributed by atoms with Gasteiger partial charge in [-0.25, -0.2) is 0 Å². The van der Waals surface area contributed by atoms with Crippen LogP contribution in [0.5, 0.6) is 0 Å². The summed E-state index contributed by atoms with van der Waals surface area (Å²) in [7, 11) is 0. The molecule has 0 aliphatic heterocycles. The second-order valence-electron chi connectivity index (χ2n) is 4.86. The summed E-state index contributed by atoms with van der Waals surface area (Å²) in [5, 5.41) is 1.69. The van der Waals surface area contributed by atoms with E-state index in [0.29, 0.717) is 11.4 Å². The van der Waals surface area contributed by atoms with Gasteiger partial charge in [0.05, 0.1) is 5.69 Å². The highest BCUT2D eigenvalue weighted by atomic mass is 32.1. The van der Waals surface area contributed by atoms with Gasteiger partial charge in [0.1, 0.15) is 0 Å². The zero-order chi connectivity index (χ0) is 17.2. The molecule has 3 nitrogen and oxygen atoms in total. The average molecular weight is 348 g/mol. The highest BCUT2D eigenvalue weighted by Gasteiger charge is 2.38. The lowest BCUT2D eigenvalue weighted by molar-refractivity contribution is -0.169. The smallest absolute Gasteiger partial charge is 0.285 e. The number of amides is 1. The molecule has 1 amide bonds. The molecule has 0 atom stereocenters. The lowest BCUT2D eigenvalue weighted by Gasteiger charge is -2.09. The van der Waals surface area contributed by atoms with Gasteiger partial charge in [-0.2, -0.15) is 18.2 Å². The molecule has 3 rings (SSSR count). The summed E-state index contributed by atoms with van der Waals surface area (Å²) in [6, 6.07) is 18.0. The standard InChI is InChI=1S/C17H11F3N2OS/c18-17(19,20)15(23)21-16-22(13-9-5-2-6-10-13)14(11-24-16)12-7-3-1-4-8-12/h1-11H. The molecular formula is C17H11F3N2OS. The SMILES string of the molecule is O=C(N=c1scc(-c2ccccc2)n1-c1ccccc1)C(F)(F)F. The van der Waals surface area contributed by atoms with Crippen LogP contribution in [-0.2, 0) is 4.79 Å². The van der Waals surface area contributed by atoms with Gasteiger partial charge in [-0.05, 0) is 17.7 Å². The Bertz CT molecular complexity index is 912. The maximum Gasteiger partial charge on any atom is 0.473 e. The van der Waals surface area contributed by atoms with E-state index in [9.17, 15) is 18.0 Å². The number of halogens is 3. The molecule has 0 fully saturated rings. The molecule has 1 heterocycles. The summed E-state index contributed by atoms with van der Waals surface area (Å²) < 4.78 is 39.2. The van der Waals surface area contributed by atoms with Gasteiger partial charge in [-0.3, -0.25) is 9.36 Å². The van der Waals surface area contributed by atoms with Crippen LogP contribution in [0.1, 0.15) is 0 Å². The number of benzene rings is 2. The number of rotatable bonds is 2. The van der Waals surface area contributed by atoms with E-state index in [-0.39, 0.29) is 4.80 Å². The minimum Gasteiger partial charge on any atom is -0.285 e. The summed E-state index contributed by atoms with van der Waals surface area (Å²) in [5.41, 5.74) is 2.12. The fourth-order valence-electron chi connectivity index (χ4n) is 2.18. The van der Waals surface area contributed by atoms with Crippen molar-refractivity contribution < 1.29 is 18.0 Å². The maximum atomic E-state index is 12.6. The van der Waals surface area contributed by atoms with E-state index in [1.807, 2.05) is 30.3 Å². The van der Waals surface area contributed by atoms with Gasteiger partial charge in [0.25, 0.3) is 0 Å². The molecule has 0 aliphatic rings. The third-order valence-corrected chi connectivity index (χ3v) is 4.06. The normalized spacial score (nSPS) is 12.4. The molecular weight excluding hydrogens is 337 g/mol. The Labute approximate surface area is 139 Å². The van der Waals surface area contributed by atoms with Crippen LogP contribution < -0.4 is 4.80 Å². The van der Waals surface area contributed by atoms with E-state index in [0.717, 1.165) is 16.9 Å². The van der Waals surface area contributed by atoms with Gasteiger partial charge in [0, 0.05) is 11.1 Å². The summed E-state index contributed by atoms with van der Waals surface area (Å²) in [6.45, 7) is 0. The number of alkyl halides is 3. The number of thiazole rings is 1. The number of hydrogen-bond acceptors (Lipinski definition) is 2. The number of para-hydroxylation sites is 1. The molecule has 0 saturated heterocycles. The molecule has 2 aromatic carbocycles. The van der Waals surface area contributed by atoms with Gasteiger partial charge < -0.3 is 0 Å². The first-order valence-corrected chi connectivity index (χ1v) is 7.82. The van der Waals surface area contributed by atoms with E-state index >= 15 is 0 Å². The molecule has 3 aromatic rings. The first kappa shape index (κ1) is 16.2. The summed E-state index contributed by atoms with van der Waals surface area (Å²) in [5.74, 6) is -2.12. The predicted molar refractivity (Wildman–Crippen MR) is 85.7 cm³/mol. The summed E-state index contributed by atoms with van der Waals surface area (Å²) >= 11 is 0.986. The monoisotopic (exact) mass is 348 g/mol. The highest BCUT2D eigenvalue weighted by molar-refractivity contribution is 7.07. The van der Waals surface area contributed by atoms with Crippen molar-refractivity contribution in [1.29, 1.82) is 0 Å². The lowest BCUT2D eigenvalue weighted by atomic mass is 10.1. The number of nitrogens with zero attached hydrogens (tertiary/aromatic N) is 2. The maximum absolute atomic E-state index is 12.6. The van der Waals surface area contributed by atoms with Crippen LogP contribution in [-0.4, -0.2) is 16.7 Å². The first-order chi connectivity index (χ1) is 11.5. The van der Waals surface area contributed by atoms with Crippen molar-refractivity contribution in [2.45, 2.75) is 6.18 Å². The Morgan fingerprint density at radius 1 is 0.958 bits per heavy atom. The minimum atomic E-state index is -4.99. The molecule has 0 saturated carbocycles. The van der Waals surface area contributed by atoms with E-state index in [1.165, 1.54) is 0 Å². The number of carbonyl (C=O) groups is 1. The summed E-state index contributed by atoms with van der Waals surface area (Å²) in [4.78, 5) is 14.5. The van der Waals surface area contributed by atoms with Crippen LogP contribution in [0.2, 0.25) is 0 Å². The van der Waals surface area contributed by atoms with E-state index in [4.69, 9.17) is 0 Å². The first-order valence-electron chi connectivity index (χ1n) is 6.94. The molecule has 7 heteroatoms. The molecule has 0 N–H and O–H groups in total. The Hall–Kier alpha value is -2.67. The number of carbonyl (C=O) groups excluding carboxylic acids is 1. The lowest BCUT2D eigenvalue weighted by Crippen LogP contribution is -2.25. The largest absolute Gasteiger partial charge is 0.473 e.